The monoisotopic (exact) mass is 111 g/mol. The average molecular weight is 111 g/mol. The van der Waals surface area contributed by atoms with E-state index in [0.29, 0.717) is 0 Å². The molecule has 0 aromatic rings. The molecule has 0 radical (unpaired) electrons. The highest BCUT2D eigenvalue weighted by molar-refractivity contribution is 5.94. The lowest BCUT2D eigenvalue weighted by Gasteiger charge is -1.90. The predicted octanol–water partition coefficient (Wildman–Crippen LogP) is 2.04. The molecule has 0 heterocycles. The zero-order valence-corrected chi connectivity index (χ0v) is 5.65. The van der Waals surface area contributed by atoms with Gasteiger partial charge in [-0.3, -0.25) is 4.99 Å². The lowest BCUT2D eigenvalue weighted by atomic mass is 10.3. The number of nitrogens with zero attached hydrogens (tertiary/aromatic N) is 1. The molecule has 0 aliphatic carbocycles. The van der Waals surface area contributed by atoms with Gasteiger partial charge in [0, 0.05) is 12.3 Å². The summed E-state index contributed by atoms with van der Waals surface area (Å²) in [5.74, 6) is 0. The molecule has 0 rings (SSSR count). The smallest absolute Gasteiger partial charge is 0.0364 e. The summed E-state index contributed by atoms with van der Waals surface area (Å²) >= 11 is 0. The van der Waals surface area contributed by atoms with Crippen molar-refractivity contribution in [2.24, 2.45) is 4.99 Å². The molecule has 0 spiro atoms. The number of allylic oxidation sites excluding steroid dienone is 1. The van der Waals surface area contributed by atoms with Crippen molar-refractivity contribution in [1.29, 1.82) is 0 Å². The van der Waals surface area contributed by atoms with Gasteiger partial charge in [0.05, 0.1) is 0 Å². The molecule has 1 nitrogen and oxygen atoms in total. The van der Waals surface area contributed by atoms with Crippen molar-refractivity contribution >= 4 is 5.71 Å². The fourth-order valence-electron chi connectivity index (χ4n) is 0.524. The maximum Gasteiger partial charge on any atom is 0.0364 e. The first-order valence-corrected chi connectivity index (χ1v) is 3.00. The van der Waals surface area contributed by atoms with E-state index in [9.17, 15) is 0 Å². The van der Waals surface area contributed by atoms with Crippen LogP contribution in [-0.2, 0) is 0 Å². The van der Waals surface area contributed by atoms with Crippen LogP contribution < -0.4 is 0 Å². The van der Waals surface area contributed by atoms with E-state index in [4.69, 9.17) is 0 Å². The van der Waals surface area contributed by atoms with Crippen LogP contribution in [-0.4, -0.2) is 12.3 Å². The second-order valence-corrected chi connectivity index (χ2v) is 1.52. The van der Waals surface area contributed by atoms with Crippen LogP contribution in [0.1, 0.15) is 20.3 Å². The average Bonchev–Trinajstić information content (AvgIpc) is 1.83. The number of hydrogen-bond acceptors (Lipinski definition) is 1. The third kappa shape index (κ3) is 2.56. The molecule has 0 bridgehead atoms. The first-order chi connectivity index (χ1) is 3.85. The summed E-state index contributed by atoms with van der Waals surface area (Å²) in [7, 11) is 0. The van der Waals surface area contributed by atoms with Gasteiger partial charge in [-0.15, -0.1) is 0 Å². The summed E-state index contributed by atoms with van der Waals surface area (Å²) in [4.78, 5) is 4.16. The Bertz CT molecular complexity index is 92.6. The molecule has 0 aromatic carbocycles. The van der Waals surface area contributed by atoms with Crippen LogP contribution in [0.15, 0.2) is 17.6 Å². The Morgan fingerprint density at radius 3 is 2.38 bits per heavy atom. The number of rotatable bonds is 3. The van der Waals surface area contributed by atoms with Crippen molar-refractivity contribution < 1.29 is 0 Å². The van der Waals surface area contributed by atoms with E-state index >= 15 is 0 Å². The summed E-state index contributed by atoms with van der Waals surface area (Å²) in [5.41, 5.74) is 1.10. The molecule has 0 aromatic heterocycles. The van der Waals surface area contributed by atoms with E-state index in [1.807, 2.05) is 13.0 Å². The van der Waals surface area contributed by atoms with Gasteiger partial charge in [0.2, 0.25) is 0 Å². The molecule has 1 heteroatoms. The van der Waals surface area contributed by atoms with Gasteiger partial charge in [-0.1, -0.05) is 13.5 Å². The molecular weight excluding hydrogens is 98.1 g/mol. The SMILES string of the molecule is C=CC(CC)=NCC. The van der Waals surface area contributed by atoms with Crippen molar-refractivity contribution in [3.63, 3.8) is 0 Å². The molecule has 0 atom stereocenters. The molecular formula is C7H13N. The third-order valence-electron chi connectivity index (χ3n) is 0.959. The quantitative estimate of drug-likeness (QED) is 0.494. The summed E-state index contributed by atoms with van der Waals surface area (Å²) in [6, 6.07) is 0. The normalized spacial score (nSPS) is 11.5. The summed E-state index contributed by atoms with van der Waals surface area (Å²) in [6.45, 7) is 8.60. The first-order valence-electron chi connectivity index (χ1n) is 3.00. The second-order valence-electron chi connectivity index (χ2n) is 1.52. The first kappa shape index (κ1) is 7.41. The minimum Gasteiger partial charge on any atom is -0.290 e. The van der Waals surface area contributed by atoms with Crippen LogP contribution in [0, 0.1) is 0 Å². The van der Waals surface area contributed by atoms with Crippen LogP contribution in [0.5, 0.6) is 0 Å². The lowest BCUT2D eigenvalue weighted by Crippen LogP contribution is -1.89. The zero-order chi connectivity index (χ0) is 6.41. The maximum absolute atomic E-state index is 4.16. The molecule has 46 valence electrons. The molecule has 0 unspecified atom stereocenters. The van der Waals surface area contributed by atoms with Crippen molar-refractivity contribution in [2.75, 3.05) is 6.54 Å². The van der Waals surface area contributed by atoms with E-state index in [2.05, 4.69) is 18.5 Å². The summed E-state index contributed by atoms with van der Waals surface area (Å²) < 4.78 is 0. The summed E-state index contributed by atoms with van der Waals surface area (Å²) in [6.07, 6.45) is 2.81. The molecule has 0 amide bonds. The Labute approximate surface area is 51.1 Å². The minimum absolute atomic E-state index is 0.870. The second kappa shape index (κ2) is 4.57. The van der Waals surface area contributed by atoms with E-state index in [1.165, 1.54) is 0 Å². The Hall–Kier alpha value is -0.590. The largest absolute Gasteiger partial charge is 0.290 e. The van der Waals surface area contributed by atoms with Gasteiger partial charge >= 0.3 is 0 Å². The fraction of sp³-hybridized carbons (Fsp3) is 0.571. The third-order valence-corrected chi connectivity index (χ3v) is 0.959. The van der Waals surface area contributed by atoms with E-state index in [0.717, 1.165) is 18.7 Å². The molecule has 0 fully saturated rings. The van der Waals surface area contributed by atoms with Gasteiger partial charge in [-0.05, 0) is 19.4 Å². The Morgan fingerprint density at radius 2 is 2.25 bits per heavy atom. The molecule has 0 saturated carbocycles. The standard InChI is InChI=1S/C7H13N/c1-4-7(5-2)8-6-3/h4H,1,5-6H2,2-3H3. The predicted molar refractivity (Wildman–Crippen MR) is 38.5 cm³/mol. The van der Waals surface area contributed by atoms with Gasteiger partial charge in [-0.25, -0.2) is 0 Å². The molecule has 0 aliphatic heterocycles. The zero-order valence-electron chi connectivity index (χ0n) is 5.65. The fourth-order valence-corrected chi connectivity index (χ4v) is 0.524. The lowest BCUT2D eigenvalue weighted by molar-refractivity contribution is 1.11. The van der Waals surface area contributed by atoms with Gasteiger partial charge in [-0.2, -0.15) is 0 Å². The Morgan fingerprint density at radius 1 is 1.62 bits per heavy atom. The van der Waals surface area contributed by atoms with Gasteiger partial charge in [0.25, 0.3) is 0 Å². The van der Waals surface area contributed by atoms with Crippen LogP contribution in [0.4, 0.5) is 0 Å². The molecule has 0 N–H and O–H groups in total. The van der Waals surface area contributed by atoms with Crippen molar-refractivity contribution in [2.45, 2.75) is 20.3 Å². The van der Waals surface area contributed by atoms with Crippen molar-refractivity contribution in [1.82, 2.24) is 0 Å². The highest BCUT2D eigenvalue weighted by Crippen LogP contribution is 1.85. The molecule has 0 aliphatic rings. The highest BCUT2D eigenvalue weighted by Gasteiger charge is 1.82. The van der Waals surface area contributed by atoms with Gasteiger partial charge in [0.15, 0.2) is 0 Å². The number of aliphatic imine (C=N–C) groups is 1. The summed E-state index contributed by atoms with van der Waals surface area (Å²) in [5, 5.41) is 0. The Balaban J connectivity index is 3.66. The van der Waals surface area contributed by atoms with E-state index in [1.54, 1.807) is 0 Å². The van der Waals surface area contributed by atoms with Crippen LogP contribution in [0.3, 0.4) is 0 Å². The van der Waals surface area contributed by atoms with Crippen molar-refractivity contribution in [3.05, 3.63) is 12.7 Å². The van der Waals surface area contributed by atoms with Crippen LogP contribution in [0.2, 0.25) is 0 Å². The maximum atomic E-state index is 4.16. The Kier molecular flexibility index (Phi) is 4.23. The topological polar surface area (TPSA) is 12.4 Å². The molecule has 8 heavy (non-hydrogen) atoms. The van der Waals surface area contributed by atoms with Crippen molar-refractivity contribution in [3.8, 4) is 0 Å². The number of hydrogen-bond donors (Lipinski definition) is 0. The minimum atomic E-state index is 0.870. The van der Waals surface area contributed by atoms with E-state index in [-0.39, 0.29) is 0 Å². The highest BCUT2D eigenvalue weighted by atomic mass is 14.7. The van der Waals surface area contributed by atoms with Crippen LogP contribution >= 0.6 is 0 Å². The van der Waals surface area contributed by atoms with E-state index < -0.39 is 0 Å². The van der Waals surface area contributed by atoms with Crippen LogP contribution in [0.25, 0.3) is 0 Å². The van der Waals surface area contributed by atoms with Gasteiger partial charge < -0.3 is 0 Å². The van der Waals surface area contributed by atoms with Gasteiger partial charge in [0.1, 0.15) is 0 Å². The molecule has 0 saturated heterocycles.